The van der Waals surface area contributed by atoms with E-state index in [-0.39, 0.29) is 0 Å². The molecule has 1 atom stereocenters. The van der Waals surface area contributed by atoms with Crippen LogP contribution < -0.4 is 5.32 Å². The van der Waals surface area contributed by atoms with Crippen molar-refractivity contribution in [1.29, 1.82) is 0 Å². The fraction of sp³-hybridized carbons (Fsp3) is 0.286. The number of amides is 1. The van der Waals surface area contributed by atoms with Gasteiger partial charge in [-0.05, 0) is 24.1 Å². The maximum Gasteiger partial charge on any atom is 0.253 e. The Morgan fingerprint density at radius 2 is 2.14 bits per heavy atom. The van der Waals surface area contributed by atoms with Crippen molar-refractivity contribution in [2.24, 2.45) is 0 Å². The van der Waals surface area contributed by atoms with Gasteiger partial charge in [0.2, 0.25) is 0 Å². The molecule has 0 radical (unpaired) electrons. The number of rotatable bonds is 6. The van der Waals surface area contributed by atoms with Gasteiger partial charge in [0.05, 0.1) is 11.2 Å². The second-order valence-electron chi connectivity index (χ2n) is 4.52. The van der Waals surface area contributed by atoms with Gasteiger partial charge in [-0.3, -0.25) is 9.48 Å². The van der Waals surface area contributed by atoms with E-state index in [0.29, 0.717) is 30.1 Å². The van der Waals surface area contributed by atoms with E-state index in [0.717, 1.165) is 0 Å². The smallest absolute Gasteiger partial charge is 0.253 e. The Labute approximate surface area is 126 Å². The van der Waals surface area contributed by atoms with Gasteiger partial charge in [0.15, 0.2) is 6.10 Å². The number of hydrogen-bond donors (Lipinski definition) is 2. The summed E-state index contributed by atoms with van der Waals surface area (Å²) in [6, 6.07) is 5.16. The van der Waals surface area contributed by atoms with Crippen molar-refractivity contribution < 1.29 is 14.3 Å². The molecule has 2 N–H and O–H groups in total. The number of carbonyl (C=O) groups is 1. The molecule has 1 aromatic carbocycles. The van der Waals surface area contributed by atoms with E-state index in [1.54, 1.807) is 17.1 Å². The van der Waals surface area contributed by atoms with Gasteiger partial charge >= 0.3 is 0 Å². The first-order chi connectivity index (χ1) is 10.1. The molecule has 1 heterocycles. The summed E-state index contributed by atoms with van der Waals surface area (Å²) in [5.74, 6) is -0.927. The van der Waals surface area contributed by atoms with E-state index >= 15 is 0 Å². The summed E-state index contributed by atoms with van der Waals surface area (Å²) in [5, 5.41) is 17.0. The van der Waals surface area contributed by atoms with Gasteiger partial charge in [-0.1, -0.05) is 23.7 Å². The number of aromatic nitrogens is 2. The van der Waals surface area contributed by atoms with Crippen LogP contribution in [0.1, 0.15) is 18.1 Å². The number of nitrogens with zero attached hydrogens (tertiary/aromatic N) is 2. The van der Waals surface area contributed by atoms with Crippen molar-refractivity contribution in [1.82, 2.24) is 15.1 Å². The third-order valence-electron chi connectivity index (χ3n) is 2.90. The van der Waals surface area contributed by atoms with Gasteiger partial charge in [0.1, 0.15) is 5.82 Å². The number of aliphatic hydroxyl groups excluding tert-OH is 1. The molecule has 1 amide bonds. The minimum atomic E-state index is -1.30. The highest BCUT2D eigenvalue weighted by atomic mass is 35.5. The Kier molecular flexibility index (Phi) is 5.30. The van der Waals surface area contributed by atoms with Crippen molar-refractivity contribution in [3.05, 3.63) is 53.1 Å². The number of benzene rings is 1. The average Bonchev–Trinajstić information content (AvgIpc) is 2.89. The minimum absolute atomic E-state index is 0.354. The molecule has 1 unspecified atom stereocenters. The van der Waals surface area contributed by atoms with E-state index in [2.05, 4.69) is 10.4 Å². The Morgan fingerprint density at radius 3 is 2.76 bits per heavy atom. The van der Waals surface area contributed by atoms with E-state index < -0.39 is 17.8 Å². The van der Waals surface area contributed by atoms with Crippen LogP contribution in [0, 0.1) is 5.82 Å². The van der Waals surface area contributed by atoms with E-state index in [4.69, 9.17) is 11.6 Å². The maximum atomic E-state index is 12.8. The largest absolute Gasteiger partial charge is 0.378 e. The van der Waals surface area contributed by atoms with Crippen LogP contribution in [0.25, 0.3) is 0 Å². The molecule has 0 saturated carbocycles. The summed E-state index contributed by atoms with van der Waals surface area (Å²) >= 11 is 5.73. The zero-order valence-electron chi connectivity index (χ0n) is 11.2. The third-order valence-corrected chi connectivity index (χ3v) is 3.09. The first kappa shape index (κ1) is 15.5. The number of halogens is 2. The lowest BCUT2D eigenvalue weighted by atomic mass is 10.1. The number of nitrogens with one attached hydrogen (secondary N) is 1. The monoisotopic (exact) mass is 311 g/mol. The van der Waals surface area contributed by atoms with Crippen LogP contribution in [0.3, 0.4) is 0 Å². The Balaban J connectivity index is 1.75. The predicted octanol–water partition coefficient (Wildman–Crippen LogP) is 1.92. The topological polar surface area (TPSA) is 67.2 Å². The van der Waals surface area contributed by atoms with Crippen LogP contribution in [-0.4, -0.2) is 27.3 Å². The molecule has 7 heteroatoms. The SMILES string of the molecule is O=C(NCCCn1cc(Cl)cn1)C(O)c1ccc(F)cc1. The summed E-state index contributed by atoms with van der Waals surface area (Å²) in [6.07, 6.45) is 2.58. The molecule has 0 aliphatic carbocycles. The lowest BCUT2D eigenvalue weighted by Crippen LogP contribution is -2.30. The molecule has 0 aliphatic heterocycles. The van der Waals surface area contributed by atoms with Crippen LogP contribution in [0.15, 0.2) is 36.7 Å². The van der Waals surface area contributed by atoms with Crippen molar-refractivity contribution in [2.75, 3.05) is 6.54 Å². The standard InChI is InChI=1S/C14H15ClFN3O2/c15-11-8-18-19(9-11)7-1-6-17-14(21)13(20)10-2-4-12(16)5-3-10/h2-5,8-9,13,20H,1,6-7H2,(H,17,21). The predicted molar refractivity (Wildman–Crippen MR) is 76.2 cm³/mol. The van der Waals surface area contributed by atoms with Gasteiger partial charge in [0.25, 0.3) is 5.91 Å². The molecule has 5 nitrogen and oxygen atoms in total. The second-order valence-corrected chi connectivity index (χ2v) is 4.96. The zero-order valence-corrected chi connectivity index (χ0v) is 11.9. The molecule has 2 rings (SSSR count). The van der Waals surface area contributed by atoms with Crippen LogP contribution >= 0.6 is 11.6 Å². The molecule has 1 aromatic heterocycles. The summed E-state index contributed by atoms with van der Waals surface area (Å²) in [5.41, 5.74) is 0.354. The van der Waals surface area contributed by atoms with Crippen LogP contribution in [-0.2, 0) is 11.3 Å². The van der Waals surface area contributed by atoms with Gasteiger partial charge < -0.3 is 10.4 Å². The summed E-state index contributed by atoms with van der Waals surface area (Å²) in [7, 11) is 0. The molecule has 2 aromatic rings. The van der Waals surface area contributed by atoms with Crippen LogP contribution in [0.2, 0.25) is 5.02 Å². The first-order valence-electron chi connectivity index (χ1n) is 6.45. The van der Waals surface area contributed by atoms with Crippen molar-refractivity contribution in [3.63, 3.8) is 0 Å². The molecule has 21 heavy (non-hydrogen) atoms. The Bertz CT molecular complexity index is 601. The fourth-order valence-corrected chi connectivity index (χ4v) is 1.96. The fourth-order valence-electron chi connectivity index (χ4n) is 1.81. The van der Waals surface area contributed by atoms with Crippen LogP contribution in [0.5, 0.6) is 0 Å². The third kappa shape index (κ3) is 4.54. The van der Waals surface area contributed by atoms with Gasteiger partial charge in [-0.15, -0.1) is 0 Å². The summed E-state index contributed by atoms with van der Waals surface area (Å²) < 4.78 is 14.4. The van der Waals surface area contributed by atoms with Gasteiger partial charge in [0, 0.05) is 19.3 Å². The molecular formula is C14H15ClFN3O2. The number of carbonyl (C=O) groups excluding carboxylic acids is 1. The average molecular weight is 312 g/mol. The van der Waals surface area contributed by atoms with E-state index in [1.165, 1.54) is 24.3 Å². The molecule has 0 bridgehead atoms. The minimum Gasteiger partial charge on any atom is -0.378 e. The number of aryl methyl sites for hydroxylation is 1. The Hall–Kier alpha value is -1.92. The van der Waals surface area contributed by atoms with Crippen molar-refractivity contribution in [2.45, 2.75) is 19.1 Å². The molecule has 0 fully saturated rings. The zero-order chi connectivity index (χ0) is 15.2. The van der Waals surface area contributed by atoms with Gasteiger partial charge in [-0.2, -0.15) is 5.10 Å². The molecule has 0 saturated heterocycles. The highest BCUT2D eigenvalue weighted by Crippen LogP contribution is 2.13. The van der Waals surface area contributed by atoms with Crippen molar-refractivity contribution in [3.8, 4) is 0 Å². The molecule has 0 spiro atoms. The quantitative estimate of drug-likeness (QED) is 0.801. The highest BCUT2D eigenvalue weighted by molar-refractivity contribution is 6.30. The first-order valence-corrected chi connectivity index (χ1v) is 6.83. The Morgan fingerprint density at radius 1 is 1.43 bits per heavy atom. The summed E-state index contributed by atoms with van der Waals surface area (Å²) in [6.45, 7) is 1.01. The van der Waals surface area contributed by atoms with Crippen LogP contribution in [0.4, 0.5) is 4.39 Å². The number of hydrogen-bond acceptors (Lipinski definition) is 3. The molecule has 112 valence electrons. The van der Waals surface area contributed by atoms with E-state index in [1.807, 2.05) is 0 Å². The lowest BCUT2D eigenvalue weighted by molar-refractivity contribution is -0.129. The number of aliphatic hydroxyl groups is 1. The molecule has 0 aliphatic rings. The maximum absolute atomic E-state index is 12.8. The highest BCUT2D eigenvalue weighted by Gasteiger charge is 2.16. The van der Waals surface area contributed by atoms with Gasteiger partial charge in [-0.25, -0.2) is 4.39 Å². The lowest BCUT2D eigenvalue weighted by Gasteiger charge is -2.11. The van der Waals surface area contributed by atoms with E-state index in [9.17, 15) is 14.3 Å². The summed E-state index contributed by atoms with van der Waals surface area (Å²) in [4.78, 5) is 11.7. The molecular weight excluding hydrogens is 297 g/mol. The second kappa shape index (κ2) is 7.19. The van der Waals surface area contributed by atoms with Crippen molar-refractivity contribution >= 4 is 17.5 Å². The normalized spacial score (nSPS) is 12.1.